The molecule has 0 aromatic carbocycles. The number of carbonyl (C=O) groups excluding carboxylic acids is 2. The first-order valence-corrected chi connectivity index (χ1v) is 10.4. The molecule has 5 heteroatoms. The van der Waals surface area contributed by atoms with Gasteiger partial charge >= 0.3 is 0 Å². The van der Waals surface area contributed by atoms with Crippen molar-refractivity contribution in [2.24, 2.45) is 5.92 Å². The first kappa shape index (κ1) is 20.0. The van der Waals surface area contributed by atoms with E-state index in [0.29, 0.717) is 32.2 Å². The highest BCUT2D eigenvalue weighted by Gasteiger charge is 2.36. The molecule has 0 radical (unpaired) electrons. The lowest BCUT2D eigenvalue weighted by Gasteiger charge is -2.34. The van der Waals surface area contributed by atoms with Crippen molar-refractivity contribution in [1.82, 2.24) is 10.3 Å². The first-order valence-electron chi connectivity index (χ1n) is 10.4. The molecule has 1 heterocycles. The lowest BCUT2D eigenvalue weighted by atomic mass is 9.76. The van der Waals surface area contributed by atoms with Crippen molar-refractivity contribution in [1.29, 1.82) is 0 Å². The van der Waals surface area contributed by atoms with E-state index in [4.69, 9.17) is 4.98 Å². The monoisotopic (exact) mass is 372 g/mol. The lowest BCUT2D eigenvalue weighted by molar-refractivity contribution is -0.129. The number of hydrogen-bond donors (Lipinski definition) is 2. The molecule has 2 aliphatic rings. The Labute approximate surface area is 162 Å². The molecule has 0 aliphatic heterocycles. The van der Waals surface area contributed by atoms with Gasteiger partial charge in [0.1, 0.15) is 5.78 Å². The summed E-state index contributed by atoms with van der Waals surface area (Å²) in [6.07, 6.45) is 9.11. The molecule has 0 saturated heterocycles. The summed E-state index contributed by atoms with van der Waals surface area (Å²) in [6.45, 7) is 2.17. The van der Waals surface area contributed by atoms with E-state index in [1.54, 1.807) is 0 Å². The predicted molar refractivity (Wildman–Crippen MR) is 104 cm³/mol. The van der Waals surface area contributed by atoms with E-state index in [-0.39, 0.29) is 24.0 Å². The number of aromatic nitrogens is 1. The average molecular weight is 373 g/mol. The number of carbonyl (C=O) groups is 2. The van der Waals surface area contributed by atoms with Crippen molar-refractivity contribution in [2.75, 3.05) is 6.54 Å². The van der Waals surface area contributed by atoms with Crippen molar-refractivity contribution in [2.45, 2.75) is 83.2 Å². The standard InChI is InChI=1S/C22H32N2O3/c1-16(25)15-22(27)12-10-18(11-13-22)21(26)23-14-4-6-19-9-8-17-5-2-3-7-20(17)24-19/h8-9,18,27H,2-7,10-15H2,1H3,(H,23,26). The zero-order valence-electron chi connectivity index (χ0n) is 16.4. The molecule has 2 N–H and O–H groups in total. The number of pyridine rings is 1. The first-order chi connectivity index (χ1) is 13.0. The Morgan fingerprint density at radius 2 is 1.96 bits per heavy atom. The maximum absolute atomic E-state index is 12.4. The molecular formula is C22H32N2O3. The van der Waals surface area contributed by atoms with Gasteiger partial charge in [0.2, 0.25) is 5.91 Å². The molecule has 2 aliphatic carbocycles. The molecule has 148 valence electrons. The van der Waals surface area contributed by atoms with Crippen LogP contribution in [-0.2, 0) is 28.9 Å². The van der Waals surface area contributed by atoms with Crippen molar-refractivity contribution in [3.63, 3.8) is 0 Å². The van der Waals surface area contributed by atoms with Crippen LogP contribution in [0.5, 0.6) is 0 Å². The summed E-state index contributed by atoms with van der Waals surface area (Å²) < 4.78 is 0. The van der Waals surface area contributed by atoms with Crippen molar-refractivity contribution in [3.8, 4) is 0 Å². The van der Waals surface area contributed by atoms with Crippen LogP contribution in [0.1, 0.15) is 75.2 Å². The molecular weight excluding hydrogens is 340 g/mol. The van der Waals surface area contributed by atoms with Crippen molar-refractivity contribution in [3.05, 3.63) is 29.1 Å². The third kappa shape index (κ3) is 5.61. The van der Waals surface area contributed by atoms with Crippen LogP contribution in [0, 0.1) is 5.92 Å². The number of hydrogen-bond acceptors (Lipinski definition) is 4. The lowest BCUT2D eigenvalue weighted by Crippen LogP contribution is -2.40. The Hall–Kier alpha value is -1.75. The molecule has 1 amide bonds. The van der Waals surface area contributed by atoms with Crippen LogP contribution in [0.25, 0.3) is 0 Å². The fourth-order valence-corrected chi connectivity index (χ4v) is 4.45. The molecule has 0 spiro atoms. The summed E-state index contributed by atoms with van der Waals surface area (Å²) >= 11 is 0. The minimum atomic E-state index is -0.902. The Balaban J connectivity index is 1.37. The number of aryl methyl sites for hydroxylation is 3. The van der Waals surface area contributed by atoms with E-state index in [1.165, 1.54) is 31.0 Å². The highest BCUT2D eigenvalue weighted by molar-refractivity contribution is 5.79. The number of ketones is 1. The molecule has 1 fully saturated rings. The second-order valence-corrected chi connectivity index (χ2v) is 8.39. The van der Waals surface area contributed by atoms with Crippen molar-refractivity contribution < 1.29 is 14.7 Å². The third-order valence-corrected chi connectivity index (χ3v) is 6.01. The van der Waals surface area contributed by atoms with Crippen molar-refractivity contribution >= 4 is 11.7 Å². The maximum Gasteiger partial charge on any atom is 0.223 e. The Kier molecular flexibility index (Phi) is 6.64. The predicted octanol–water partition coefficient (Wildman–Crippen LogP) is 2.91. The number of rotatable bonds is 7. The highest BCUT2D eigenvalue weighted by atomic mass is 16.3. The smallest absolute Gasteiger partial charge is 0.223 e. The Bertz CT molecular complexity index is 678. The van der Waals surface area contributed by atoms with E-state index in [1.807, 2.05) is 0 Å². The molecule has 1 aromatic rings. The normalized spacial score (nSPS) is 24.9. The second kappa shape index (κ2) is 8.96. The van der Waals surface area contributed by atoms with Crippen LogP contribution in [0.3, 0.4) is 0 Å². The second-order valence-electron chi connectivity index (χ2n) is 8.39. The fourth-order valence-electron chi connectivity index (χ4n) is 4.45. The number of nitrogens with zero attached hydrogens (tertiary/aromatic N) is 1. The van der Waals surface area contributed by atoms with Gasteiger partial charge in [-0.3, -0.25) is 14.6 Å². The highest BCUT2D eigenvalue weighted by Crippen LogP contribution is 2.34. The van der Waals surface area contributed by atoms with Gasteiger partial charge in [-0.05, 0) is 82.8 Å². The zero-order valence-corrected chi connectivity index (χ0v) is 16.4. The van der Waals surface area contributed by atoms with Gasteiger partial charge in [-0.25, -0.2) is 0 Å². The zero-order chi connectivity index (χ0) is 19.3. The molecule has 0 unspecified atom stereocenters. The number of amides is 1. The van der Waals surface area contributed by atoms with Crippen LogP contribution in [0.2, 0.25) is 0 Å². The van der Waals surface area contributed by atoms with Crippen LogP contribution in [0.15, 0.2) is 12.1 Å². The van der Waals surface area contributed by atoms with Crippen LogP contribution in [-0.4, -0.2) is 33.9 Å². The van der Waals surface area contributed by atoms with Gasteiger partial charge in [0, 0.05) is 30.3 Å². The molecule has 1 saturated carbocycles. The van der Waals surface area contributed by atoms with Crippen LogP contribution >= 0.6 is 0 Å². The largest absolute Gasteiger partial charge is 0.389 e. The quantitative estimate of drug-likeness (QED) is 0.721. The number of Topliss-reactive ketones (excluding diaryl/α,β-unsaturated/α-hetero) is 1. The number of aliphatic hydroxyl groups is 1. The van der Waals surface area contributed by atoms with Gasteiger partial charge in [-0.15, -0.1) is 0 Å². The molecule has 27 heavy (non-hydrogen) atoms. The molecule has 3 rings (SSSR count). The minimum absolute atomic E-state index is 0.0104. The average Bonchev–Trinajstić information content (AvgIpc) is 2.64. The molecule has 0 bridgehead atoms. The minimum Gasteiger partial charge on any atom is -0.389 e. The third-order valence-electron chi connectivity index (χ3n) is 6.01. The van der Waals surface area contributed by atoms with Crippen LogP contribution < -0.4 is 5.32 Å². The maximum atomic E-state index is 12.4. The van der Waals surface area contributed by atoms with E-state index in [9.17, 15) is 14.7 Å². The van der Waals surface area contributed by atoms with Crippen LogP contribution in [0.4, 0.5) is 0 Å². The molecule has 1 aromatic heterocycles. The SMILES string of the molecule is CC(=O)CC1(O)CCC(C(=O)NCCCc2ccc3c(n2)CCCC3)CC1. The van der Waals surface area contributed by atoms with Gasteiger partial charge in [0.05, 0.1) is 5.60 Å². The van der Waals surface area contributed by atoms with Gasteiger partial charge in [0.15, 0.2) is 0 Å². The number of nitrogens with one attached hydrogen (secondary N) is 1. The van der Waals surface area contributed by atoms with Gasteiger partial charge < -0.3 is 10.4 Å². The van der Waals surface area contributed by atoms with Gasteiger partial charge in [-0.2, -0.15) is 0 Å². The van der Waals surface area contributed by atoms with Gasteiger partial charge in [-0.1, -0.05) is 6.07 Å². The van der Waals surface area contributed by atoms with E-state index in [0.717, 1.165) is 31.4 Å². The van der Waals surface area contributed by atoms with Gasteiger partial charge in [0.25, 0.3) is 0 Å². The molecule has 0 atom stereocenters. The summed E-state index contributed by atoms with van der Waals surface area (Å²) in [4.78, 5) is 28.4. The Morgan fingerprint density at radius 3 is 2.70 bits per heavy atom. The van der Waals surface area contributed by atoms with E-state index < -0.39 is 5.60 Å². The summed E-state index contributed by atoms with van der Waals surface area (Å²) in [5.41, 5.74) is 2.89. The summed E-state index contributed by atoms with van der Waals surface area (Å²) in [6, 6.07) is 4.35. The van der Waals surface area contributed by atoms with E-state index >= 15 is 0 Å². The summed E-state index contributed by atoms with van der Waals surface area (Å²) in [5.74, 6) is 0.0496. The topological polar surface area (TPSA) is 79.3 Å². The Morgan fingerprint density at radius 1 is 1.22 bits per heavy atom. The number of fused-ring (bicyclic) bond motifs is 1. The molecule has 5 nitrogen and oxygen atoms in total. The fraction of sp³-hybridized carbons (Fsp3) is 0.682. The summed E-state index contributed by atoms with van der Waals surface area (Å²) in [7, 11) is 0. The van der Waals surface area contributed by atoms with E-state index in [2.05, 4.69) is 17.4 Å². The summed E-state index contributed by atoms with van der Waals surface area (Å²) in [5, 5.41) is 13.4.